The van der Waals surface area contributed by atoms with E-state index in [1.807, 2.05) is 0 Å². The molecule has 0 saturated heterocycles. The Bertz CT molecular complexity index is 410. The fourth-order valence-electron chi connectivity index (χ4n) is 1.11. The lowest BCUT2D eigenvalue weighted by atomic mass is 10.3. The summed E-state index contributed by atoms with van der Waals surface area (Å²) < 4.78 is 12.7. The Labute approximate surface area is 74.2 Å². The molecule has 0 spiro atoms. The maximum absolute atomic E-state index is 12.7. The first kappa shape index (κ1) is 7.61. The van der Waals surface area contributed by atoms with Gasteiger partial charge in [-0.25, -0.2) is 9.37 Å². The highest BCUT2D eigenvalue weighted by atomic mass is 32.1. The number of nitrogens with zero attached hydrogens (tertiary/aromatic N) is 1. The number of fused-ring (bicyclic) bond motifs is 1. The van der Waals surface area contributed by atoms with E-state index in [1.165, 1.54) is 12.1 Å². The van der Waals surface area contributed by atoms with Gasteiger partial charge in [-0.2, -0.15) is 12.6 Å². The highest BCUT2D eigenvalue weighted by Crippen LogP contribution is 2.13. The summed E-state index contributed by atoms with van der Waals surface area (Å²) in [6.45, 7) is 0. The standard InChI is InChI=1S/C8H7FN2S/c9-5-1-2-6-7(3-5)11-8(4-12)10-6/h1-3,12H,4H2,(H,10,11). The molecule has 0 aliphatic rings. The third-order valence-corrected chi connectivity index (χ3v) is 1.94. The summed E-state index contributed by atoms with van der Waals surface area (Å²) in [6.07, 6.45) is 0. The maximum Gasteiger partial charge on any atom is 0.125 e. The van der Waals surface area contributed by atoms with Crippen LogP contribution < -0.4 is 0 Å². The van der Waals surface area contributed by atoms with Gasteiger partial charge in [-0.1, -0.05) is 0 Å². The summed E-state index contributed by atoms with van der Waals surface area (Å²) >= 11 is 4.06. The summed E-state index contributed by atoms with van der Waals surface area (Å²) in [7, 11) is 0. The monoisotopic (exact) mass is 182 g/mol. The van der Waals surface area contributed by atoms with E-state index < -0.39 is 0 Å². The molecule has 2 rings (SSSR count). The molecule has 0 bridgehead atoms. The molecule has 4 heteroatoms. The Morgan fingerprint density at radius 3 is 3.08 bits per heavy atom. The zero-order chi connectivity index (χ0) is 8.55. The molecule has 62 valence electrons. The molecule has 0 unspecified atom stereocenters. The van der Waals surface area contributed by atoms with E-state index in [-0.39, 0.29) is 5.82 Å². The van der Waals surface area contributed by atoms with Crippen molar-refractivity contribution in [2.24, 2.45) is 0 Å². The van der Waals surface area contributed by atoms with E-state index in [0.29, 0.717) is 5.75 Å². The summed E-state index contributed by atoms with van der Waals surface area (Å²) in [5, 5.41) is 0. The number of imidazole rings is 1. The molecule has 0 atom stereocenters. The van der Waals surface area contributed by atoms with Gasteiger partial charge < -0.3 is 4.98 Å². The molecule has 0 fully saturated rings. The molecule has 2 aromatic rings. The Morgan fingerprint density at radius 2 is 2.33 bits per heavy atom. The Kier molecular flexibility index (Phi) is 1.77. The molecular weight excluding hydrogens is 175 g/mol. The number of rotatable bonds is 1. The van der Waals surface area contributed by atoms with Crippen LogP contribution in [0.15, 0.2) is 18.2 Å². The highest BCUT2D eigenvalue weighted by Gasteiger charge is 2.01. The number of benzene rings is 1. The Balaban J connectivity index is 2.67. The number of aromatic amines is 1. The van der Waals surface area contributed by atoms with Gasteiger partial charge in [-0.3, -0.25) is 0 Å². The van der Waals surface area contributed by atoms with Gasteiger partial charge in [0.05, 0.1) is 11.0 Å². The van der Waals surface area contributed by atoms with Crippen molar-refractivity contribution in [3.8, 4) is 0 Å². The second kappa shape index (κ2) is 2.79. The Morgan fingerprint density at radius 1 is 1.50 bits per heavy atom. The average Bonchev–Trinajstić information content (AvgIpc) is 2.46. The molecule has 1 aromatic heterocycles. The number of H-pyrrole nitrogens is 1. The number of aromatic nitrogens is 2. The number of nitrogens with one attached hydrogen (secondary N) is 1. The second-order valence-corrected chi connectivity index (χ2v) is 2.82. The normalized spacial score (nSPS) is 10.8. The lowest BCUT2D eigenvalue weighted by Gasteiger charge is -1.86. The molecule has 1 N–H and O–H groups in total. The first-order valence-corrected chi connectivity index (χ1v) is 4.18. The van der Waals surface area contributed by atoms with Gasteiger partial charge >= 0.3 is 0 Å². The van der Waals surface area contributed by atoms with E-state index in [9.17, 15) is 4.39 Å². The van der Waals surface area contributed by atoms with Gasteiger partial charge in [0, 0.05) is 5.75 Å². The SMILES string of the molecule is Fc1ccc2nc(CS)[nH]c2c1. The van der Waals surface area contributed by atoms with Crippen molar-refractivity contribution >= 4 is 23.7 Å². The van der Waals surface area contributed by atoms with Gasteiger partial charge in [0.1, 0.15) is 11.6 Å². The van der Waals surface area contributed by atoms with Gasteiger partial charge in [0.15, 0.2) is 0 Å². The van der Waals surface area contributed by atoms with Crippen LogP contribution >= 0.6 is 12.6 Å². The van der Waals surface area contributed by atoms with E-state index in [1.54, 1.807) is 6.07 Å². The summed E-state index contributed by atoms with van der Waals surface area (Å²) in [4.78, 5) is 7.13. The van der Waals surface area contributed by atoms with E-state index >= 15 is 0 Å². The van der Waals surface area contributed by atoms with Crippen LogP contribution in [0.2, 0.25) is 0 Å². The first-order valence-electron chi connectivity index (χ1n) is 3.54. The number of thiol groups is 1. The zero-order valence-electron chi connectivity index (χ0n) is 6.21. The van der Waals surface area contributed by atoms with Crippen LogP contribution in [0.1, 0.15) is 5.82 Å². The molecule has 2 nitrogen and oxygen atoms in total. The smallest absolute Gasteiger partial charge is 0.125 e. The molecule has 12 heavy (non-hydrogen) atoms. The molecule has 1 heterocycles. The zero-order valence-corrected chi connectivity index (χ0v) is 7.11. The van der Waals surface area contributed by atoms with Gasteiger partial charge in [-0.15, -0.1) is 0 Å². The third kappa shape index (κ3) is 1.18. The Hall–Kier alpha value is -1.03. The van der Waals surface area contributed by atoms with Crippen molar-refractivity contribution in [2.45, 2.75) is 5.75 Å². The maximum atomic E-state index is 12.7. The molecule has 0 saturated carbocycles. The minimum atomic E-state index is -0.253. The van der Waals surface area contributed by atoms with E-state index in [0.717, 1.165) is 16.9 Å². The lowest BCUT2D eigenvalue weighted by molar-refractivity contribution is 0.629. The van der Waals surface area contributed by atoms with Gasteiger partial charge in [-0.05, 0) is 18.2 Å². The van der Waals surface area contributed by atoms with E-state index in [2.05, 4.69) is 22.6 Å². The molecule has 0 aliphatic carbocycles. The van der Waals surface area contributed by atoms with E-state index in [4.69, 9.17) is 0 Å². The quantitative estimate of drug-likeness (QED) is 0.650. The fourth-order valence-corrected chi connectivity index (χ4v) is 1.26. The predicted octanol–water partition coefficient (Wildman–Crippen LogP) is 2.13. The number of hydrogen-bond donors (Lipinski definition) is 2. The third-order valence-electron chi connectivity index (χ3n) is 1.64. The average molecular weight is 182 g/mol. The lowest BCUT2D eigenvalue weighted by Crippen LogP contribution is -1.77. The van der Waals surface area contributed by atoms with Crippen LogP contribution in [-0.2, 0) is 5.75 Å². The number of halogens is 1. The number of hydrogen-bond acceptors (Lipinski definition) is 2. The van der Waals surface area contributed by atoms with Gasteiger partial charge in [0.25, 0.3) is 0 Å². The summed E-state index contributed by atoms with van der Waals surface area (Å²) in [5.74, 6) is 1.05. The van der Waals surface area contributed by atoms with Crippen LogP contribution in [0.4, 0.5) is 4.39 Å². The largest absolute Gasteiger partial charge is 0.341 e. The minimum Gasteiger partial charge on any atom is -0.341 e. The van der Waals surface area contributed by atoms with Crippen LogP contribution in [0.25, 0.3) is 11.0 Å². The van der Waals surface area contributed by atoms with Crippen molar-refractivity contribution in [1.29, 1.82) is 0 Å². The molecule has 1 aromatic carbocycles. The topological polar surface area (TPSA) is 28.7 Å². The van der Waals surface area contributed by atoms with Crippen LogP contribution in [0.5, 0.6) is 0 Å². The van der Waals surface area contributed by atoms with Crippen LogP contribution in [-0.4, -0.2) is 9.97 Å². The van der Waals surface area contributed by atoms with Gasteiger partial charge in [0.2, 0.25) is 0 Å². The highest BCUT2D eigenvalue weighted by molar-refractivity contribution is 7.79. The van der Waals surface area contributed by atoms with Crippen molar-refractivity contribution in [3.05, 3.63) is 29.8 Å². The summed E-state index contributed by atoms with van der Waals surface area (Å²) in [6, 6.07) is 4.47. The molecule has 0 aliphatic heterocycles. The fraction of sp³-hybridized carbons (Fsp3) is 0.125. The molecule has 0 radical (unpaired) electrons. The van der Waals surface area contributed by atoms with Crippen molar-refractivity contribution in [2.75, 3.05) is 0 Å². The van der Waals surface area contributed by atoms with Crippen molar-refractivity contribution < 1.29 is 4.39 Å². The van der Waals surface area contributed by atoms with Crippen molar-refractivity contribution in [1.82, 2.24) is 9.97 Å². The summed E-state index contributed by atoms with van der Waals surface area (Å²) in [5.41, 5.74) is 1.50. The molecular formula is C8H7FN2S. The van der Waals surface area contributed by atoms with Crippen molar-refractivity contribution in [3.63, 3.8) is 0 Å². The van der Waals surface area contributed by atoms with Crippen LogP contribution in [0, 0.1) is 5.82 Å². The second-order valence-electron chi connectivity index (χ2n) is 2.50. The minimum absolute atomic E-state index is 0.253. The first-order chi connectivity index (χ1) is 5.79. The molecule has 0 amide bonds. The predicted molar refractivity (Wildman–Crippen MR) is 48.7 cm³/mol. The van der Waals surface area contributed by atoms with Crippen LogP contribution in [0.3, 0.4) is 0 Å².